The van der Waals surface area contributed by atoms with Crippen LogP contribution in [0, 0.1) is 20.8 Å². The summed E-state index contributed by atoms with van der Waals surface area (Å²) in [6.45, 7) is 5.70. The van der Waals surface area contributed by atoms with E-state index in [4.69, 9.17) is 11.6 Å². The topological polar surface area (TPSA) is 80.5 Å². The summed E-state index contributed by atoms with van der Waals surface area (Å²) in [6.07, 6.45) is 0. The molecule has 0 amide bonds. The highest BCUT2D eigenvalue weighted by atomic mass is 35.5. The van der Waals surface area contributed by atoms with Gasteiger partial charge in [0.1, 0.15) is 0 Å². The molecular formula is C21H20ClN5O2S. The SMILES string of the molecule is Cc1ccc(N(Cc2nc3nc(C)cc(C)n3n2)S(=O)(=O)c2ccc(Cl)cc2)cc1. The lowest BCUT2D eigenvalue weighted by Gasteiger charge is -2.23. The quantitative estimate of drug-likeness (QED) is 0.465. The number of nitrogens with zero attached hydrogens (tertiary/aromatic N) is 5. The van der Waals surface area contributed by atoms with E-state index in [1.54, 1.807) is 28.8 Å². The van der Waals surface area contributed by atoms with Gasteiger partial charge in [0.2, 0.25) is 0 Å². The van der Waals surface area contributed by atoms with E-state index in [-0.39, 0.29) is 11.4 Å². The minimum atomic E-state index is -3.87. The minimum absolute atomic E-state index is 0.0319. The molecule has 2 heterocycles. The zero-order valence-corrected chi connectivity index (χ0v) is 18.3. The Labute approximate surface area is 180 Å². The van der Waals surface area contributed by atoms with Crippen molar-refractivity contribution in [3.05, 3.63) is 82.4 Å². The monoisotopic (exact) mass is 441 g/mol. The van der Waals surface area contributed by atoms with Gasteiger partial charge in [-0.2, -0.15) is 4.98 Å². The van der Waals surface area contributed by atoms with Crippen LogP contribution >= 0.6 is 11.6 Å². The van der Waals surface area contributed by atoms with Crippen molar-refractivity contribution in [1.82, 2.24) is 19.6 Å². The largest absolute Gasteiger partial charge is 0.264 e. The van der Waals surface area contributed by atoms with Gasteiger partial charge in [0.15, 0.2) is 5.82 Å². The van der Waals surface area contributed by atoms with Gasteiger partial charge in [-0.05, 0) is 63.2 Å². The van der Waals surface area contributed by atoms with E-state index in [0.29, 0.717) is 22.3 Å². The Morgan fingerprint density at radius 3 is 2.30 bits per heavy atom. The number of hydrogen-bond donors (Lipinski definition) is 0. The summed E-state index contributed by atoms with van der Waals surface area (Å²) in [5.74, 6) is 0.796. The summed E-state index contributed by atoms with van der Waals surface area (Å²) in [5.41, 5.74) is 3.25. The predicted octanol–water partition coefficient (Wildman–Crippen LogP) is 4.10. The van der Waals surface area contributed by atoms with Crippen LogP contribution in [0.25, 0.3) is 5.78 Å². The van der Waals surface area contributed by atoms with Crippen LogP contribution in [0.4, 0.5) is 5.69 Å². The molecule has 2 aromatic heterocycles. The average molecular weight is 442 g/mol. The lowest BCUT2D eigenvalue weighted by Crippen LogP contribution is -2.31. The van der Waals surface area contributed by atoms with Gasteiger partial charge >= 0.3 is 0 Å². The Hall–Kier alpha value is -2.97. The van der Waals surface area contributed by atoms with Crippen molar-refractivity contribution >= 4 is 33.1 Å². The Bertz CT molecular complexity index is 1320. The molecule has 0 N–H and O–H groups in total. The molecule has 0 spiro atoms. The molecule has 0 fully saturated rings. The Morgan fingerprint density at radius 2 is 1.63 bits per heavy atom. The first-order valence-electron chi connectivity index (χ1n) is 9.29. The van der Waals surface area contributed by atoms with Gasteiger partial charge in [0.05, 0.1) is 17.1 Å². The van der Waals surface area contributed by atoms with Crippen LogP contribution in [0.15, 0.2) is 59.5 Å². The van der Waals surface area contributed by atoms with Crippen molar-refractivity contribution < 1.29 is 8.42 Å². The normalized spacial score (nSPS) is 11.7. The molecule has 9 heteroatoms. The molecule has 4 rings (SSSR count). The van der Waals surface area contributed by atoms with Crippen molar-refractivity contribution in [2.45, 2.75) is 32.2 Å². The second-order valence-electron chi connectivity index (χ2n) is 7.08. The number of rotatable bonds is 5. The van der Waals surface area contributed by atoms with Gasteiger partial charge in [-0.25, -0.2) is 17.9 Å². The number of benzene rings is 2. The van der Waals surface area contributed by atoms with Crippen LogP contribution in [-0.2, 0) is 16.6 Å². The first-order valence-corrected chi connectivity index (χ1v) is 11.1. The summed E-state index contributed by atoms with van der Waals surface area (Å²) in [7, 11) is -3.87. The summed E-state index contributed by atoms with van der Waals surface area (Å²) in [5, 5.41) is 4.94. The molecule has 154 valence electrons. The first kappa shape index (κ1) is 20.3. The van der Waals surface area contributed by atoms with E-state index in [1.165, 1.54) is 16.4 Å². The third-order valence-corrected chi connectivity index (χ3v) is 6.71. The number of aromatic nitrogens is 4. The number of anilines is 1. The van der Waals surface area contributed by atoms with Crippen molar-refractivity contribution in [3.63, 3.8) is 0 Å². The maximum atomic E-state index is 13.5. The predicted molar refractivity (Wildman–Crippen MR) is 116 cm³/mol. The van der Waals surface area contributed by atoms with Crippen molar-refractivity contribution in [2.24, 2.45) is 0 Å². The second kappa shape index (κ2) is 7.70. The molecule has 0 bridgehead atoms. The number of hydrogen-bond acceptors (Lipinski definition) is 5. The molecule has 0 saturated carbocycles. The highest BCUT2D eigenvalue weighted by molar-refractivity contribution is 7.92. The maximum Gasteiger partial charge on any atom is 0.264 e. The summed E-state index contributed by atoms with van der Waals surface area (Å²) < 4.78 is 29.9. The molecule has 30 heavy (non-hydrogen) atoms. The third kappa shape index (κ3) is 3.88. The Balaban J connectivity index is 1.81. The molecule has 0 aliphatic rings. The fourth-order valence-corrected chi connectivity index (χ4v) is 4.71. The van der Waals surface area contributed by atoms with Crippen LogP contribution < -0.4 is 4.31 Å². The van der Waals surface area contributed by atoms with Crippen LogP contribution in [0.3, 0.4) is 0 Å². The molecule has 0 unspecified atom stereocenters. The van der Waals surface area contributed by atoms with E-state index in [9.17, 15) is 8.42 Å². The molecule has 7 nitrogen and oxygen atoms in total. The zero-order chi connectivity index (χ0) is 21.5. The fourth-order valence-electron chi connectivity index (χ4n) is 3.16. The molecule has 0 aliphatic carbocycles. The molecule has 2 aromatic carbocycles. The van der Waals surface area contributed by atoms with Crippen molar-refractivity contribution in [3.8, 4) is 0 Å². The highest BCUT2D eigenvalue weighted by Gasteiger charge is 2.27. The molecule has 0 aliphatic heterocycles. The standard InChI is InChI=1S/C21H20ClN5O2S/c1-14-4-8-18(9-5-14)26(30(28,29)19-10-6-17(22)7-11-19)13-20-24-21-23-15(2)12-16(3)27(21)25-20/h4-12H,13H2,1-3H3. The number of halogens is 1. The number of sulfonamides is 1. The van der Waals surface area contributed by atoms with Crippen molar-refractivity contribution in [1.29, 1.82) is 0 Å². The molecule has 0 saturated heterocycles. The summed E-state index contributed by atoms with van der Waals surface area (Å²) in [4.78, 5) is 8.98. The molecule has 0 atom stereocenters. The van der Waals surface area contributed by atoms with E-state index in [1.807, 2.05) is 39.0 Å². The Kier molecular flexibility index (Phi) is 5.21. The summed E-state index contributed by atoms with van der Waals surface area (Å²) >= 11 is 5.94. The first-order chi connectivity index (χ1) is 14.2. The van der Waals surface area contributed by atoms with Crippen LogP contribution in [-0.4, -0.2) is 28.0 Å². The zero-order valence-electron chi connectivity index (χ0n) is 16.7. The van der Waals surface area contributed by atoms with Gasteiger partial charge < -0.3 is 0 Å². The van der Waals surface area contributed by atoms with E-state index >= 15 is 0 Å². The van der Waals surface area contributed by atoms with Gasteiger partial charge in [0.25, 0.3) is 15.8 Å². The van der Waals surface area contributed by atoms with Gasteiger partial charge in [0, 0.05) is 16.4 Å². The fraction of sp³-hybridized carbons (Fsp3) is 0.190. The third-order valence-electron chi connectivity index (χ3n) is 4.67. The lowest BCUT2D eigenvalue weighted by molar-refractivity contribution is 0.589. The van der Waals surface area contributed by atoms with E-state index in [2.05, 4.69) is 15.1 Å². The second-order valence-corrected chi connectivity index (χ2v) is 9.38. The molecule has 4 aromatic rings. The maximum absolute atomic E-state index is 13.5. The van der Waals surface area contributed by atoms with E-state index in [0.717, 1.165) is 17.0 Å². The van der Waals surface area contributed by atoms with Crippen LogP contribution in [0.5, 0.6) is 0 Å². The van der Waals surface area contributed by atoms with Gasteiger partial charge in [-0.15, -0.1) is 5.10 Å². The van der Waals surface area contributed by atoms with Crippen LogP contribution in [0.1, 0.15) is 22.8 Å². The average Bonchev–Trinajstić information content (AvgIpc) is 3.10. The number of fused-ring (bicyclic) bond motifs is 1. The van der Waals surface area contributed by atoms with Crippen molar-refractivity contribution in [2.75, 3.05) is 4.31 Å². The number of aryl methyl sites for hydroxylation is 3. The smallest absolute Gasteiger partial charge is 0.259 e. The minimum Gasteiger partial charge on any atom is -0.259 e. The van der Waals surface area contributed by atoms with E-state index < -0.39 is 10.0 Å². The van der Waals surface area contributed by atoms with Crippen LogP contribution in [0.2, 0.25) is 5.02 Å². The Morgan fingerprint density at radius 1 is 0.967 bits per heavy atom. The lowest BCUT2D eigenvalue weighted by atomic mass is 10.2. The molecule has 0 radical (unpaired) electrons. The molecular weight excluding hydrogens is 422 g/mol. The van der Waals surface area contributed by atoms with Gasteiger partial charge in [-0.3, -0.25) is 4.31 Å². The van der Waals surface area contributed by atoms with Gasteiger partial charge in [-0.1, -0.05) is 29.3 Å². The highest BCUT2D eigenvalue weighted by Crippen LogP contribution is 2.26. The summed E-state index contributed by atoms with van der Waals surface area (Å²) in [6, 6.07) is 15.3.